The highest BCUT2D eigenvalue weighted by molar-refractivity contribution is 7.80. The molecule has 1 aromatic carbocycles. The summed E-state index contributed by atoms with van der Waals surface area (Å²) in [5.41, 5.74) is 11.6. The minimum Gasteiger partial charge on any atom is -0.375 e. The molecule has 0 aromatic heterocycles. The van der Waals surface area contributed by atoms with Crippen molar-refractivity contribution in [2.75, 3.05) is 0 Å². The van der Waals surface area contributed by atoms with Crippen molar-refractivity contribution in [2.45, 2.75) is 26.7 Å². The maximum Gasteiger partial charge on any atom is 0.269 e. The van der Waals surface area contributed by atoms with Crippen molar-refractivity contribution < 1.29 is 4.92 Å². The van der Waals surface area contributed by atoms with Crippen molar-refractivity contribution in [3.63, 3.8) is 0 Å². The monoisotopic (exact) mass is 344 g/mol. The quantitative estimate of drug-likeness (QED) is 0.499. The predicted molar refractivity (Wildman–Crippen MR) is 98.4 cm³/mol. The molecule has 2 atom stereocenters. The van der Waals surface area contributed by atoms with Gasteiger partial charge in [-0.15, -0.1) is 0 Å². The van der Waals surface area contributed by atoms with Crippen LogP contribution in [0.3, 0.4) is 0 Å². The number of hydrogen-bond donors (Lipinski definition) is 2. The van der Waals surface area contributed by atoms with Crippen molar-refractivity contribution in [1.82, 2.24) is 5.43 Å². The number of nitrogens with one attached hydrogen (secondary N) is 1. The van der Waals surface area contributed by atoms with Crippen LogP contribution in [0.15, 0.2) is 34.9 Å². The normalized spacial score (nSPS) is 27.6. The van der Waals surface area contributed by atoms with Gasteiger partial charge in [0.05, 0.1) is 10.6 Å². The lowest BCUT2D eigenvalue weighted by Crippen LogP contribution is -2.54. The van der Waals surface area contributed by atoms with Crippen LogP contribution in [0.5, 0.6) is 0 Å². The van der Waals surface area contributed by atoms with Gasteiger partial charge in [-0.25, -0.2) is 0 Å². The zero-order valence-electron chi connectivity index (χ0n) is 13.7. The first kappa shape index (κ1) is 16.6. The Hall–Kier alpha value is -2.28. The summed E-state index contributed by atoms with van der Waals surface area (Å²) in [7, 11) is 0. The molecule has 24 heavy (non-hydrogen) atoms. The summed E-state index contributed by atoms with van der Waals surface area (Å²) < 4.78 is 0. The van der Waals surface area contributed by atoms with E-state index in [-0.39, 0.29) is 16.2 Å². The van der Waals surface area contributed by atoms with Crippen LogP contribution in [0.2, 0.25) is 0 Å². The molecule has 0 saturated heterocycles. The van der Waals surface area contributed by atoms with Gasteiger partial charge in [0.25, 0.3) is 5.69 Å². The van der Waals surface area contributed by atoms with Crippen LogP contribution in [0.1, 0.15) is 32.3 Å². The van der Waals surface area contributed by atoms with E-state index in [1.807, 2.05) is 0 Å². The zero-order chi connectivity index (χ0) is 17.5. The summed E-state index contributed by atoms with van der Waals surface area (Å²) >= 11 is 4.86. The van der Waals surface area contributed by atoms with Crippen LogP contribution < -0.4 is 11.2 Å². The number of hydrogen-bond acceptors (Lipinski definition) is 4. The second kappa shape index (κ2) is 5.98. The van der Waals surface area contributed by atoms with Crippen molar-refractivity contribution in [3.8, 4) is 0 Å². The van der Waals surface area contributed by atoms with E-state index in [0.717, 1.165) is 29.7 Å². The number of thiocarbonyl (C=S) groups is 1. The number of nitro groups is 1. The Bertz CT molecular complexity index is 752. The lowest BCUT2D eigenvalue weighted by Gasteiger charge is -2.57. The Labute approximate surface area is 146 Å². The minimum absolute atomic E-state index is 0.0915. The minimum atomic E-state index is -0.395. The van der Waals surface area contributed by atoms with Gasteiger partial charge in [-0.2, -0.15) is 5.10 Å². The van der Waals surface area contributed by atoms with Gasteiger partial charge in [0.1, 0.15) is 0 Å². The van der Waals surface area contributed by atoms with E-state index in [1.165, 1.54) is 12.1 Å². The van der Waals surface area contributed by atoms with E-state index < -0.39 is 4.92 Å². The second-order valence-corrected chi connectivity index (χ2v) is 7.44. The first-order valence-corrected chi connectivity index (χ1v) is 8.28. The van der Waals surface area contributed by atoms with E-state index in [9.17, 15) is 10.1 Å². The summed E-state index contributed by atoms with van der Waals surface area (Å²) in [5.74, 6) is 1.01. The first-order chi connectivity index (χ1) is 11.3. The molecule has 7 heteroatoms. The van der Waals surface area contributed by atoms with Gasteiger partial charge in [-0.05, 0) is 65.7 Å². The fraction of sp³-hybridized carbons (Fsp3) is 0.412. The molecule has 3 aliphatic rings. The molecule has 0 heterocycles. The maximum atomic E-state index is 10.8. The molecule has 2 unspecified atom stereocenters. The highest BCUT2D eigenvalue weighted by Gasteiger charge is 2.54. The number of hydrazone groups is 1. The predicted octanol–water partition coefficient (Wildman–Crippen LogP) is 3.23. The Kier molecular flexibility index (Phi) is 4.13. The van der Waals surface area contributed by atoms with Gasteiger partial charge in [0, 0.05) is 18.1 Å². The Morgan fingerprint density at radius 1 is 1.46 bits per heavy atom. The van der Waals surface area contributed by atoms with E-state index in [2.05, 4.69) is 30.5 Å². The van der Waals surface area contributed by atoms with E-state index in [4.69, 9.17) is 18.0 Å². The SMILES string of the molecule is CC1(C)C2CC(=C\c3ccc([N+](=O)[O-])cc3)/C(=N\NC(N)=S)C1C2. The van der Waals surface area contributed by atoms with Crippen molar-refractivity contribution in [3.05, 3.63) is 45.5 Å². The molecule has 126 valence electrons. The zero-order valence-corrected chi connectivity index (χ0v) is 14.5. The van der Waals surface area contributed by atoms with Crippen LogP contribution in [-0.2, 0) is 0 Å². The summed E-state index contributed by atoms with van der Waals surface area (Å²) in [6.07, 6.45) is 4.12. The fourth-order valence-corrected chi connectivity index (χ4v) is 3.76. The molecule has 3 fully saturated rings. The van der Waals surface area contributed by atoms with Gasteiger partial charge in [-0.1, -0.05) is 13.8 Å². The third kappa shape index (κ3) is 2.91. The molecule has 3 N–H and O–H groups in total. The van der Waals surface area contributed by atoms with Gasteiger partial charge in [0.2, 0.25) is 0 Å². The van der Waals surface area contributed by atoms with Crippen LogP contribution in [0.25, 0.3) is 6.08 Å². The molecule has 0 spiro atoms. The van der Waals surface area contributed by atoms with Gasteiger partial charge in [-0.3, -0.25) is 15.5 Å². The van der Waals surface area contributed by atoms with Crippen molar-refractivity contribution in [2.24, 2.45) is 28.1 Å². The summed E-state index contributed by atoms with van der Waals surface area (Å²) in [5, 5.41) is 15.4. The van der Waals surface area contributed by atoms with Gasteiger partial charge in [0.15, 0.2) is 5.11 Å². The average Bonchev–Trinajstić information content (AvgIpc) is 2.53. The van der Waals surface area contributed by atoms with E-state index in [0.29, 0.717) is 11.8 Å². The number of non-ortho nitro benzene ring substituents is 1. The van der Waals surface area contributed by atoms with Crippen LogP contribution in [0.4, 0.5) is 5.69 Å². The van der Waals surface area contributed by atoms with Crippen molar-refractivity contribution in [1.29, 1.82) is 0 Å². The number of nitro benzene ring substituents is 1. The Morgan fingerprint density at radius 2 is 2.12 bits per heavy atom. The standard InChI is InChI=1S/C17H20N4O2S/c1-17(2)12-8-11(15(14(17)9-12)19-20-16(18)24)7-10-3-5-13(6-4-10)21(22)23/h3-7,12,14H,8-9H2,1-2H3,(H3,18,20,24)/b11-7+,19-15+. The second-order valence-electron chi connectivity index (χ2n) is 7.00. The highest BCUT2D eigenvalue weighted by Crippen LogP contribution is 2.59. The molecular formula is C17H20N4O2S. The van der Waals surface area contributed by atoms with Crippen LogP contribution in [0, 0.1) is 27.4 Å². The number of allylic oxidation sites excluding steroid dienone is 1. The van der Waals surface area contributed by atoms with Gasteiger partial charge < -0.3 is 5.73 Å². The Morgan fingerprint density at radius 3 is 2.67 bits per heavy atom. The molecule has 2 bridgehead atoms. The average molecular weight is 344 g/mol. The maximum absolute atomic E-state index is 10.8. The van der Waals surface area contributed by atoms with E-state index in [1.54, 1.807) is 12.1 Å². The van der Waals surface area contributed by atoms with Crippen LogP contribution in [-0.4, -0.2) is 15.7 Å². The number of nitrogens with zero attached hydrogens (tertiary/aromatic N) is 2. The first-order valence-electron chi connectivity index (χ1n) is 7.87. The smallest absolute Gasteiger partial charge is 0.269 e. The van der Waals surface area contributed by atoms with Crippen LogP contribution >= 0.6 is 12.2 Å². The largest absolute Gasteiger partial charge is 0.375 e. The summed E-state index contributed by atoms with van der Waals surface area (Å²) in [6.45, 7) is 4.54. The van der Waals surface area contributed by atoms with Crippen molar-refractivity contribution >= 4 is 34.8 Å². The Balaban J connectivity index is 1.91. The lowest BCUT2D eigenvalue weighted by atomic mass is 9.47. The fourth-order valence-electron chi connectivity index (χ4n) is 3.71. The molecule has 3 saturated carbocycles. The summed E-state index contributed by atoms with van der Waals surface area (Å²) in [4.78, 5) is 10.4. The lowest BCUT2D eigenvalue weighted by molar-refractivity contribution is -0.384. The summed E-state index contributed by atoms with van der Waals surface area (Å²) in [6, 6.07) is 6.55. The third-order valence-electron chi connectivity index (χ3n) is 5.33. The molecule has 0 aliphatic heterocycles. The van der Waals surface area contributed by atoms with E-state index >= 15 is 0 Å². The molecule has 4 rings (SSSR count). The molecule has 0 amide bonds. The topological polar surface area (TPSA) is 93.5 Å². The van der Waals surface area contributed by atoms with Gasteiger partial charge >= 0.3 is 0 Å². The number of fused-ring (bicyclic) bond motifs is 2. The molecule has 0 radical (unpaired) electrons. The molecular weight excluding hydrogens is 324 g/mol. The number of rotatable bonds is 3. The molecule has 1 aromatic rings. The molecule has 6 nitrogen and oxygen atoms in total. The number of nitrogens with two attached hydrogens (primary N) is 1. The molecule has 3 aliphatic carbocycles. The number of benzene rings is 1. The third-order valence-corrected chi connectivity index (χ3v) is 5.42. The highest BCUT2D eigenvalue weighted by atomic mass is 32.1.